The van der Waals surface area contributed by atoms with Gasteiger partial charge >= 0.3 is 0 Å². The van der Waals surface area contributed by atoms with Crippen LogP contribution < -0.4 is 0 Å². The van der Waals surface area contributed by atoms with E-state index in [-0.39, 0.29) is 0 Å². The number of piperazine rings is 1. The number of hydrogen-bond donors (Lipinski definition) is 1. The molecule has 0 amide bonds. The van der Waals surface area contributed by atoms with Gasteiger partial charge in [-0.2, -0.15) is 0 Å². The van der Waals surface area contributed by atoms with Gasteiger partial charge in [0.15, 0.2) is 0 Å². The highest BCUT2D eigenvalue weighted by molar-refractivity contribution is 4.81. The van der Waals surface area contributed by atoms with Crippen molar-refractivity contribution in [1.82, 2.24) is 14.7 Å². The van der Waals surface area contributed by atoms with Crippen LogP contribution in [0.2, 0.25) is 0 Å². The fourth-order valence-electron chi connectivity index (χ4n) is 3.48. The topological polar surface area (TPSA) is 30.0 Å². The second kappa shape index (κ2) is 7.58. The Morgan fingerprint density at radius 1 is 1.05 bits per heavy atom. The lowest BCUT2D eigenvalue weighted by atomic mass is 9.91. The number of rotatable bonds is 5. The van der Waals surface area contributed by atoms with Crippen LogP contribution in [-0.4, -0.2) is 85.3 Å². The molecule has 2 aliphatic rings. The van der Waals surface area contributed by atoms with Crippen molar-refractivity contribution in [2.75, 3.05) is 59.5 Å². The molecule has 0 spiro atoms. The van der Waals surface area contributed by atoms with E-state index in [0.717, 1.165) is 6.54 Å². The lowest BCUT2D eigenvalue weighted by Gasteiger charge is -2.39. The molecule has 2 rings (SSSR count). The average Bonchev–Trinajstić information content (AvgIpc) is 2.41. The van der Waals surface area contributed by atoms with Gasteiger partial charge in [-0.1, -0.05) is 6.92 Å². The van der Waals surface area contributed by atoms with Gasteiger partial charge in [-0.25, -0.2) is 0 Å². The van der Waals surface area contributed by atoms with E-state index in [1.165, 1.54) is 58.5 Å². The molecule has 0 radical (unpaired) electrons. The Morgan fingerprint density at radius 3 is 2.47 bits per heavy atom. The Morgan fingerprint density at radius 2 is 1.79 bits per heavy atom. The number of likely N-dealkylation sites (tertiary alicyclic amines) is 1. The van der Waals surface area contributed by atoms with Gasteiger partial charge in [-0.15, -0.1) is 0 Å². The minimum Gasteiger partial charge on any atom is -0.395 e. The summed E-state index contributed by atoms with van der Waals surface area (Å²) in [6, 6.07) is 0.404. The summed E-state index contributed by atoms with van der Waals surface area (Å²) in [6.45, 7) is 11.0. The Balaban J connectivity index is 1.67. The molecule has 4 heteroatoms. The summed E-state index contributed by atoms with van der Waals surface area (Å²) >= 11 is 0. The second-order valence-corrected chi connectivity index (χ2v) is 6.40. The van der Waals surface area contributed by atoms with Crippen LogP contribution in [0.5, 0.6) is 0 Å². The summed E-state index contributed by atoms with van der Waals surface area (Å²) in [4.78, 5) is 7.51. The molecule has 19 heavy (non-hydrogen) atoms. The first-order valence-corrected chi connectivity index (χ1v) is 7.96. The van der Waals surface area contributed by atoms with E-state index >= 15 is 0 Å². The third kappa shape index (κ3) is 4.42. The quantitative estimate of drug-likeness (QED) is 0.796. The van der Waals surface area contributed by atoms with Gasteiger partial charge in [0.1, 0.15) is 0 Å². The Kier molecular flexibility index (Phi) is 6.07. The zero-order valence-electron chi connectivity index (χ0n) is 12.7. The number of nitrogens with zero attached hydrogens (tertiary/aromatic N) is 3. The first kappa shape index (κ1) is 15.2. The Labute approximate surface area is 118 Å². The molecule has 2 unspecified atom stereocenters. The summed E-state index contributed by atoms with van der Waals surface area (Å²) in [5, 5.41) is 9.55. The van der Waals surface area contributed by atoms with E-state index in [2.05, 4.69) is 28.7 Å². The minimum atomic E-state index is 0.329. The molecule has 4 nitrogen and oxygen atoms in total. The van der Waals surface area contributed by atoms with Gasteiger partial charge in [0, 0.05) is 32.2 Å². The number of likely N-dealkylation sites (N-methyl/N-ethyl adjacent to an activating group) is 1. The zero-order valence-corrected chi connectivity index (χ0v) is 12.7. The molecule has 0 aromatic rings. The van der Waals surface area contributed by atoms with Crippen molar-refractivity contribution in [1.29, 1.82) is 0 Å². The van der Waals surface area contributed by atoms with Gasteiger partial charge in [0.05, 0.1) is 6.61 Å². The second-order valence-electron chi connectivity index (χ2n) is 6.40. The number of aliphatic hydroxyl groups is 1. The number of piperidine rings is 1. The molecule has 2 atom stereocenters. The molecule has 2 heterocycles. The number of aliphatic hydroxyl groups excluding tert-OH is 1. The molecule has 2 aliphatic heterocycles. The van der Waals surface area contributed by atoms with Crippen molar-refractivity contribution in [2.45, 2.75) is 32.2 Å². The van der Waals surface area contributed by atoms with E-state index in [1.54, 1.807) is 0 Å². The summed E-state index contributed by atoms with van der Waals surface area (Å²) in [6.07, 6.45) is 3.82. The van der Waals surface area contributed by atoms with Crippen LogP contribution in [0.25, 0.3) is 0 Å². The minimum absolute atomic E-state index is 0.329. The van der Waals surface area contributed by atoms with Gasteiger partial charge in [-0.05, 0) is 51.9 Å². The van der Waals surface area contributed by atoms with Crippen LogP contribution in [-0.2, 0) is 0 Å². The third-order valence-corrected chi connectivity index (χ3v) is 4.93. The number of hydrogen-bond acceptors (Lipinski definition) is 4. The largest absolute Gasteiger partial charge is 0.395 e. The monoisotopic (exact) mass is 269 g/mol. The fourth-order valence-corrected chi connectivity index (χ4v) is 3.48. The summed E-state index contributed by atoms with van der Waals surface area (Å²) < 4.78 is 0. The van der Waals surface area contributed by atoms with Crippen LogP contribution in [0.4, 0.5) is 0 Å². The van der Waals surface area contributed by atoms with E-state index in [4.69, 9.17) is 0 Å². The lowest BCUT2D eigenvalue weighted by molar-refractivity contribution is 0.0483. The smallest absolute Gasteiger partial charge is 0.0589 e. The van der Waals surface area contributed by atoms with Crippen LogP contribution in [0.3, 0.4) is 0 Å². The third-order valence-electron chi connectivity index (χ3n) is 4.93. The fraction of sp³-hybridized carbons (Fsp3) is 1.00. The highest BCUT2D eigenvalue weighted by Crippen LogP contribution is 2.22. The Hall–Kier alpha value is -0.160. The van der Waals surface area contributed by atoms with Crippen molar-refractivity contribution >= 4 is 0 Å². The van der Waals surface area contributed by atoms with Crippen LogP contribution >= 0.6 is 0 Å². The van der Waals surface area contributed by atoms with Crippen molar-refractivity contribution < 1.29 is 5.11 Å². The first-order valence-electron chi connectivity index (χ1n) is 7.96. The molecule has 2 fully saturated rings. The summed E-state index contributed by atoms with van der Waals surface area (Å²) in [5.74, 6) is 0.655. The maximum Gasteiger partial charge on any atom is 0.0589 e. The van der Waals surface area contributed by atoms with Gasteiger partial charge in [0.2, 0.25) is 0 Å². The SMILES string of the molecule is CC1CCCN(CCCN2CCN(C)CC2)C1CO. The van der Waals surface area contributed by atoms with Crippen molar-refractivity contribution in [3.63, 3.8) is 0 Å². The summed E-state index contributed by atoms with van der Waals surface area (Å²) in [5.41, 5.74) is 0. The molecule has 0 aliphatic carbocycles. The predicted octanol–water partition coefficient (Wildman–Crippen LogP) is 0.717. The Bertz CT molecular complexity index is 254. The lowest BCUT2D eigenvalue weighted by Crippen LogP contribution is -2.48. The average molecular weight is 269 g/mol. The molecular weight excluding hydrogens is 238 g/mol. The predicted molar refractivity (Wildman–Crippen MR) is 79.4 cm³/mol. The standard InChI is InChI=1S/C15H31N3O/c1-14-5-3-7-18(15(14)13-19)8-4-6-17-11-9-16(2)10-12-17/h14-15,19H,3-13H2,1-2H3. The molecule has 1 N–H and O–H groups in total. The highest BCUT2D eigenvalue weighted by Gasteiger charge is 2.27. The molecule has 2 saturated heterocycles. The maximum absolute atomic E-state index is 9.55. The van der Waals surface area contributed by atoms with Crippen LogP contribution in [0.1, 0.15) is 26.2 Å². The molecular formula is C15H31N3O. The molecule has 112 valence electrons. The normalized spacial score (nSPS) is 31.7. The van der Waals surface area contributed by atoms with Crippen LogP contribution in [0, 0.1) is 5.92 Å². The van der Waals surface area contributed by atoms with Gasteiger partial charge < -0.3 is 14.9 Å². The molecule has 0 aromatic heterocycles. The van der Waals surface area contributed by atoms with Gasteiger partial charge in [0.25, 0.3) is 0 Å². The van der Waals surface area contributed by atoms with E-state index in [1.807, 2.05) is 0 Å². The highest BCUT2D eigenvalue weighted by atomic mass is 16.3. The van der Waals surface area contributed by atoms with Crippen molar-refractivity contribution in [3.05, 3.63) is 0 Å². The first-order chi connectivity index (χ1) is 9.20. The molecule has 0 saturated carbocycles. The van der Waals surface area contributed by atoms with Crippen molar-refractivity contribution in [2.24, 2.45) is 5.92 Å². The zero-order chi connectivity index (χ0) is 13.7. The molecule has 0 aromatic carbocycles. The summed E-state index contributed by atoms with van der Waals surface area (Å²) in [7, 11) is 2.21. The molecule has 0 bridgehead atoms. The van der Waals surface area contributed by atoms with E-state index < -0.39 is 0 Å². The van der Waals surface area contributed by atoms with E-state index in [9.17, 15) is 5.11 Å². The van der Waals surface area contributed by atoms with Gasteiger partial charge in [-0.3, -0.25) is 4.90 Å². The van der Waals surface area contributed by atoms with Crippen LogP contribution in [0.15, 0.2) is 0 Å². The van der Waals surface area contributed by atoms with E-state index in [0.29, 0.717) is 18.6 Å². The van der Waals surface area contributed by atoms with Crippen molar-refractivity contribution in [3.8, 4) is 0 Å². The maximum atomic E-state index is 9.55.